The molecular weight excluding hydrogens is 236 g/mol. The predicted molar refractivity (Wildman–Crippen MR) is 62.6 cm³/mol. The topological polar surface area (TPSA) is 78.3 Å². The van der Waals surface area contributed by atoms with Crippen LogP contribution in [0, 0.1) is 0 Å². The summed E-state index contributed by atoms with van der Waals surface area (Å²) in [6.45, 7) is 2.22. The van der Waals surface area contributed by atoms with E-state index in [0.717, 1.165) is 0 Å². The fourth-order valence-corrected chi connectivity index (χ4v) is 2.01. The molecule has 0 N–H and O–H groups in total. The van der Waals surface area contributed by atoms with Crippen LogP contribution >= 0.6 is 0 Å². The van der Waals surface area contributed by atoms with Crippen molar-refractivity contribution in [3.63, 3.8) is 0 Å². The van der Waals surface area contributed by atoms with Gasteiger partial charge in [-0.3, -0.25) is 19.0 Å². The van der Waals surface area contributed by atoms with Crippen molar-refractivity contribution in [2.24, 2.45) is 0 Å². The molecule has 2 rings (SSSR count). The molecule has 18 heavy (non-hydrogen) atoms. The Morgan fingerprint density at radius 1 is 1.44 bits per heavy atom. The summed E-state index contributed by atoms with van der Waals surface area (Å²) in [7, 11) is 0. The molecule has 1 heterocycles. The predicted octanol–water partition coefficient (Wildman–Crippen LogP) is 0.505. The van der Waals surface area contributed by atoms with Crippen molar-refractivity contribution in [1.82, 2.24) is 9.55 Å². The van der Waals surface area contributed by atoms with Crippen LogP contribution in [0.1, 0.15) is 32.2 Å². The fraction of sp³-hybridized carbons (Fsp3) is 0.500. The molecule has 0 spiro atoms. The SMILES string of the molecule is CCOc1cc(=O)n(C2CCC(=O)CC2=O)cn1. The van der Waals surface area contributed by atoms with E-state index < -0.39 is 6.04 Å². The number of rotatable bonds is 3. The van der Waals surface area contributed by atoms with Crippen molar-refractivity contribution < 1.29 is 14.3 Å². The second kappa shape index (κ2) is 5.12. The first-order valence-electron chi connectivity index (χ1n) is 5.87. The number of ketones is 2. The van der Waals surface area contributed by atoms with E-state index in [2.05, 4.69) is 4.98 Å². The van der Waals surface area contributed by atoms with Crippen LogP contribution in [0.5, 0.6) is 5.88 Å². The Morgan fingerprint density at radius 3 is 2.83 bits per heavy atom. The van der Waals surface area contributed by atoms with Gasteiger partial charge in [0.1, 0.15) is 12.1 Å². The minimum Gasteiger partial charge on any atom is -0.478 e. The molecule has 6 nitrogen and oxygen atoms in total. The lowest BCUT2D eigenvalue weighted by Gasteiger charge is -2.21. The van der Waals surface area contributed by atoms with Crippen molar-refractivity contribution in [3.05, 3.63) is 22.7 Å². The lowest BCUT2D eigenvalue weighted by molar-refractivity contribution is -0.132. The summed E-state index contributed by atoms with van der Waals surface area (Å²) in [5.74, 6) is -0.0411. The lowest BCUT2D eigenvalue weighted by atomic mass is 9.93. The highest BCUT2D eigenvalue weighted by atomic mass is 16.5. The van der Waals surface area contributed by atoms with Gasteiger partial charge in [0, 0.05) is 6.42 Å². The molecule has 1 aliphatic rings. The molecule has 0 radical (unpaired) electrons. The zero-order valence-corrected chi connectivity index (χ0v) is 10.1. The van der Waals surface area contributed by atoms with Crippen LogP contribution in [0.4, 0.5) is 0 Å². The van der Waals surface area contributed by atoms with Crippen LogP contribution in [0.15, 0.2) is 17.2 Å². The highest BCUT2D eigenvalue weighted by Crippen LogP contribution is 2.21. The Kier molecular flexibility index (Phi) is 3.55. The van der Waals surface area contributed by atoms with Crippen molar-refractivity contribution in [1.29, 1.82) is 0 Å². The minimum atomic E-state index is -0.571. The first-order chi connectivity index (χ1) is 8.61. The summed E-state index contributed by atoms with van der Waals surface area (Å²) in [5, 5.41) is 0. The Morgan fingerprint density at radius 2 is 2.22 bits per heavy atom. The number of carbonyl (C=O) groups excluding carboxylic acids is 2. The largest absolute Gasteiger partial charge is 0.478 e. The maximum atomic E-state index is 11.8. The zero-order chi connectivity index (χ0) is 13.1. The maximum Gasteiger partial charge on any atom is 0.257 e. The Hall–Kier alpha value is -1.98. The third-order valence-electron chi connectivity index (χ3n) is 2.88. The normalized spacial score (nSPS) is 19.9. The quantitative estimate of drug-likeness (QED) is 0.730. The molecule has 0 aliphatic heterocycles. The molecule has 1 atom stereocenters. The van der Waals surface area contributed by atoms with E-state index in [9.17, 15) is 14.4 Å². The van der Waals surface area contributed by atoms with Gasteiger partial charge < -0.3 is 4.74 Å². The van der Waals surface area contributed by atoms with Crippen LogP contribution in [0.3, 0.4) is 0 Å². The monoisotopic (exact) mass is 250 g/mol. The van der Waals surface area contributed by atoms with E-state index in [1.165, 1.54) is 17.0 Å². The van der Waals surface area contributed by atoms with Crippen LogP contribution in [-0.4, -0.2) is 27.7 Å². The molecule has 0 bridgehead atoms. The number of hydrogen-bond donors (Lipinski definition) is 0. The number of ether oxygens (including phenoxy) is 1. The van der Waals surface area contributed by atoms with Crippen LogP contribution in [0.25, 0.3) is 0 Å². The van der Waals surface area contributed by atoms with Gasteiger partial charge in [0.25, 0.3) is 5.56 Å². The Balaban J connectivity index is 2.26. The van der Waals surface area contributed by atoms with Gasteiger partial charge in [-0.05, 0) is 13.3 Å². The second-order valence-corrected chi connectivity index (χ2v) is 4.14. The molecule has 6 heteroatoms. The van der Waals surface area contributed by atoms with Crippen molar-refractivity contribution in [3.8, 4) is 5.88 Å². The van der Waals surface area contributed by atoms with Gasteiger partial charge in [0.2, 0.25) is 5.88 Å². The molecule has 0 aromatic carbocycles. The van der Waals surface area contributed by atoms with Crippen LogP contribution in [-0.2, 0) is 9.59 Å². The lowest BCUT2D eigenvalue weighted by Crippen LogP contribution is -2.34. The third-order valence-corrected chi connectivity index (χ3v) is 2.88. The molecule has 1 fully saturated rings. The summed E-state index contributed by atoms with van der Waals surface area (Å²) >= 11 is 0. The fourth-order valence-electron chi connectivity index (χ4n) is 2.01. The number of carbonyl (C=O) groups is 2. The molecule has 1 aliphatic carbocycles. The van der Waals surface area contributed by atoms with E-state index in [0.29, 0.717) is 19.4 Å². The van der Waals surface area contributed by atoms with Gasteiger partial charge in [0.15, 0.2) is 5.78 Å². The molecule has 0 amide bonds. The smallest absolute Gasteiger partial charge is 0.257 e. The Bertz CT molecular complexity index is 535. The first-order valence-corrected chi connectivity index (χ1v) is 5.87. The third kappa shape index (κ3) is 2.47. The summed E-state index contributed by atoms with van der Waals surface area (Å²) in [5.41, 5.74) is -0.332. The molecule has 1 aromatic heterocycles. The van der Waals surface area contributed by atoms with Crippen molar-refractivity contribution in [2.75, 3.05) is 6.61 Å². The number of Topliss-reactive ketones (excluding diaryl/α,β-unsaturated/α-hetero) is 2. The maximum absolute atomic E-state index is 11.8. The van der Waals surface area contributed by atoms with Gasteiger partial charge >= 0.3 is 0 Å². The standard InChI is InChI=1S/C12H14N2O4/c1-2-18-11-6-12(17)14(7-13-11)9-4-3-8(15)5-10(9)16/h6-7,9H,2-5H2,1H3. The molecule has 0 saturated heterocycles. The van der Waals surface area contributed by atoms with E-state index in [1.54, 1.807) is 6.92 Å². The molecule has 1 saturated carbocycles. The van der Waals surface area contributed by atoms with E-state index in [1.807, 2.05) is 0 Å². The van der Waals surface area contributed by atoms with E-state index in [-0.39, 0.29) is 29.4 Å². The van der Waals surface area contributed by atoms with Gasteiger partial charge in [-0.2, -0.15) is 0 Å². The zero-order valence-electron chi connectivity index (χ0n) is 10.1. The van der Waals surface area contributed by atoms with Gasteiger partial charge in [-0.25, -0.2) is 4.98 Å². The molecule has 1 unspecified atom stereocenters. The average Bonchev–Trinajstić information content (AvgIpc) is 2.31. The summed E-state index contributed by atoms with van der Waals surface area (Å²) < 4.78 is 6.38. The molecule has 96 valence electrons. The molecular formula is C12H14N2O4. The summed E-state index contributed by atoms with van der Waals surface area (Å²) in [4.78, 5) is 38.7. The van der Waals surface area contributed by atoms with Crippen LogP contribution < -0.4 is 10.3 Å². The summed E-state index contributed by atoms with van der Waals surface area (Å²) in [6.07, 6.45) is 1.92. The molecule has 1 aromatic rings. The number of aromatic nitrogens is 2. The second-order valence-electron chi connectivity index (χ2n) is 4.14. The van der Waals surface area contributed by atoms with Crippen molar-refractivity contribution >= 4 is 11.6 Å². The number of hydrogen-bond acceptors (Lipinski definition) is 5. The minimum absolute atomic E-state index is 0.0665. The van der Waals surface area contributed by atoms with E-state index >= 15 is 0 Å². The first kappa shape index (κ1) is 12.5. The average molecular weight is 250 g/mol. The highest BCUT2D eigenvalue weighted by Gasteiger charge is 2.29. The van der Waals surface area contributed by atoms with Crippen molar-refractivity contribution in [2.45, 2.75) is 32.2 Å². The van der Waals surface area contributed by atoms with Gasteiger partial charge in [0.05, 0.1) is 25.1 Å². The van der Waals surface area contributed by atoms with Crippen LogP contribution in [0.2, 0.25) is 0 Å². The number of nitrogens with zero attached hydrogens (tertiary/aromatic N) is 2. The highest BCUT2D eigenvalue weighted by molar-refractivity contribution is 6.03. The summed E-state index contributed by atoms with van der Waals surface area (Å²) in [6, 6.07) is 0.686. The van der Waals surface area contributed by atoms with Gasteiger partial charge in [-0.15, -0.1) is 0 Å². The van der Waals surface area contributed by atoms with Gasteiger partial charge in [-0.1, -0.05) is 0 Å². The Labute approximate surface area is 104 Å². The van der Waals surface area contributed by atoms with E-state index in [4.69, 9.17) is 4.74 Å².